The van der Waals surface area contributed by atoms with Crippen LogP contribution in [0, 0.1) is 6.92 Å². The zero-order chi connectivity index (χ0) is 15.2. The highest BCUT2D eigenvalue weighted by Gasteiger charge is 2.13. The lowest BCUT2D eigenvalue weighted by Crippen LogP contribution is -2.32. The van der Waals surface area contributed by atoms with Crippen molar-refractivity contribution in [3.05, 3.63) is 40.9 Å². The fourth-order valence-corrected chi connectivity index (χ4v) is 2.64. The highest BCUT2D eigenvalue weighted by molar-refractivity contribution is 7.13. The van der Waals surface area contributed by atoms with Gasteiger partial charge in [-0.1, -0.05) is 19.1 Å². The van der Waals surface area contributed by atoms with Gasteiger partial charge in [0.2, 0.25) is 0 Å². The maximum Gasteiger partial charge on any atom is 0.321 e. The van der Waals surface area contributed by atoms with Crippen molar-refractivity contribution < 1.29 is 9.53 Å². The molecule has 0 saturated carbocycles. The Labute approximate surface area is 128 Å². The van der Waals surface area contributed by atoms with Crippen molar-refractivity contribution >= 4 is 22.5 Å². The van der Waals surface area contributed by atoms with E-state index < -0.39 is 0 Å². The number of hydrogen-bond donors (Lipinski definition) is 2. The van der Waals surface area contributed by atoms with Gasteiger partial charge in [-0.15, -0.1) is 11.3 Å². The average molecular weight is 305 g/mol. The summed E-state index contributed by atoms with van der Waals surface area (Å²) in [4.78, 5) is 16.2. The Morgan fingerprint density at radius 1 is 1.38 bits per heavy atom. The molecule has 21 heavy (non-hydrogen) atoms. The van der Waals surface area contributed by atoms with E-state index in [0.717, 1.165) is 23.4 Å². The van der Waals surface area contributed by atoms with Crippen LogP contribution in [0.5, 0.6) is 5.75 Å². The number of anilines is 1. The van der Waals surface area contributed by atoms with E-state index in [0.29, 0.717) is 5.13 Å². The molecule has 0 spiro atoms. The number of carbonyl (C=O) groups excluding carboxylic acids is 1. The second-order valence-electron chi connectivity index (χ2n) is 4.63. The van der Waals surface area contributed by atoms with Crippen LogP contribution in [0.25, 0.3) is 0 Å². The standard InChI is InChI=1S/C15H19N3O2S/c1-4-13(11-5-7-12(20-3)8-6-11)17-14(19)18-15-16-10(2)9-21-15/h5-9,13H,4H2,1-3H3,(H2,16,17,18,19). The van der Waals surface area contributed by atoms with Crippen molar-refractivity contribution in [1.29, 1.82) is 0 Å². The number of carbonyl (C=O) groups is 1. The number of urea groups is 1. The summed E-state index contributed by atoms with van der Waals surface area (Å²) in [5.41, 5.74) is 1.95. The summed E-state index contributed by atoms with van der Waals surface area (Å²) in [6.45, 7) is 3.93. The summed E-state index contributed by atoms with van der Waals surface area (Å²) >= 11 is 1.41. The van der Waals surface area contributed by atoms with Crippen LogP contribution in [0.4, 0.5) is 9.93 Å². The maximum atomic E-state index is 12.0. The molecular formula is C15H19N3O2S. The van der Waals surface area contributed by atoms with E-state index in [9.17, 15) is 4.79 Å². The molecule has 2 N–H and O–H groups in total. The molecule has 2 amide bonds. The van der Waals surface area contributed by atoms with Gasteiger partial charge in [0.05, 0.1) is 18.8 Å². The lowest BCUT2D eigenvalue weighted by molar-refractivity contribution is 0.248. The Kier molecular flexibility index (Phi) is 5.16. The number of methoxy groups -OCH3 is 1. The number of ether oxygens (including phenoxy) is 1. The van der Waals surface area contributed by atoms with Gasteiger partial charge in [-0.05, 0) is 31.0 Å². The van der Waals surface area contributed by atoms with Gasteiger partial charge in [-0.2, -0.15) is 0 Å². The van der Waals surface area contributed by atoms with E-state index in [2.05, 4.69) is 15.6 Å². The first-order valence-corrected chi connectivity index (χ1v) is 7.64. The molecule has 0 fully saturated rings. The van der Waals surface area contributed by atoms with E-state index in [1.165, 1.54) is 11.3 Å². The van der Waals surface area contributed by atoms with Gasteiger partial charge in [-0.25, -0.2) is 9.78 Å². The summed E-state index contributed by atoms with van der Waals surface area (Å²) in [7, 11) is 1.63. The van der Waals surface area contributed by atoms with Gasteiger partial charge in [0.15, 0.2) is 5.13 Å². The van der Waals surface area contributed by atoms with Crippen LogP contribution in [-0.2, 0) is 0 Å². The summed E-state index contributed by atoms with van der Waals surface area (Å²) in [6.07, 6.45) is 0.802. The third-order valence-electron chi connectivity index (χ3n) is 3.07. The van der Waals surface area contributed by atoms with Crippen molar-refractivity contribution in [3.8, 4) is 5.75 Å². The largest absolute Gasteiger partial charge is 0.497 e. The van der Waals surface area contributed by atoms with Crippen LogP contribution in [0.2, 0.25) is 0 Å². The van der Waals surface area contributed by atoms with Crippen molar-refractivity contribution in [2.24, 2.45) is 0 Å². The van der Waals surface area contributed by atoms with Gasteiger partial charge < -0.3 is 10.1 Å². The molecule has 6 heteroatoms. The molecule has 0 saturated heterocycles. The van der Waals surface area contributed by atoms with Gasteiger partial charge in [-0.3, -0.25) is 5.32 Å². The number of aromatic nitrogens is 1. The highest BCUT2D eigenvalue weighted by atomic mass is 32.1. The molecule has 1 atom stereocenters. The monoisotopic (exact) mass is 305 g/mol. The molecule has 0 aliphatic heterocycles. The predicted octanol–water partition coefficient (Wildman–Crippen LogP) is 3.73. The summed E-state index contributed by atoms with van der Waals surface area (Å²) in [6, 6.07) is 7.41. The lowest BCUT2D eigenvalue weighted by Gasteiger charge is -2.17. The minimum atomic E-state index is -0.244. The topological polar surface area (TPSA) is 63.2 Å². The van der Waals surface area contributed by atoms with Crippen LogP contribution >= 0.6 is 11.3 Å². The third kappa shape index (κ3) is 4.19. The first-order valence-electron chi connectivity index (χ1n) is 6.76. The molecule has 2 aromatic rings. The lowest BCUT2D eigenvalue weighted by atomic mass is 10.0. The van der Waals surface area contributed by atoms with Crippen LogP contribution in [0.15, 0.2) is 29.6 Å². The third-order valence-corrected chi connectivity index (χ3v) is 3.95. The molecule has 0 bridgehead atoms. The van der Waals surface area contributed by atoms with Gasteiger partial charge >= 0.3 is 6.03 Å². The number of nitrogens with zero attached hydrogens (tertiary/aromatic N) is 1. The van der Waals surface area contributed by atoms with Crippen LogP contribution in [-0.4, -0.2) is 18.1 Å². The smallest absolute Gasteiger partial charge is 0.321 e. The zero-order valence-electron chi connectivity index (χ0n) is 12.3. The highest BCUT2D eigenvalue weighted by Crippen LogP contribution is 2.20. The number of benzene rings is 1. The van der Waals surface area contributed by atoms with Crippen molar-refractivity contribution in [3.63, 3.8) is 0 Å². The molecule has 5 nitrogen and oxygen atoms in total. The second-order valence-corrected chi connectivity index (χ2v) is 5.48. The second kappa shape index (κ2) is 7.08. The number of rotatable bonds is 5. The number of thiazole rings is 1. The Bertz CT molecular complexity index is 595. The van der Waals surface area contributed by atoms with Crippen molar-refractivity contribution in [2.75, 3.05) is 12.4 Å². The Hall–Kier alpha value is -2.08. The van der Waals surface area contributed by atoms with Crippen LogP contribution in [0.1, 0.15) is 30.6 Å². The number of amides is 2. The molecule has 1 unspecified atom stereocenters. The summed E-state index contributed by atoms with van der Waals surface area (Å²) < 4.78 is 5.14. The maximum absolute atomic E-state index is 12.0. The molecule has 1 heterocycles. The Morgan fingerprint density at radius 2 is 2.10 bits per heavy atom. The minimum Gasteiger partial charge on any atom is -0.497 e. The molecule has 112 valence electrons. The van der Waals surface area contributed by atoms with E-state index in [1.807, 2.05) is 43.5 Å². The van der Waals surface area contributed by atoms with Crippen LogP contribution in [0.3, 0.4) is 0 Å². The Balaban J connectivity index is 1.98. The fourth-order valence-electron chi connectivity index (χ4n) is 1.96. The van der Waals surface area contributed by atoms with Gasteiger partial charge in [0, 0.05) is 5.38 Å². The first-order chi connectivity index (χ1) is 10.1. The van der Waals surface area contributed by atoms with Gasteiger partial charge in [0.1, 0.15) is 5.75 Å². The minimum absolute atomic E-state index is 0.0445. The predicted molar refractivity (Wildman–Crippen MR) is 85.0 cm³/mol. The normalized spacial score (nSPS) is 11.8. The fraction of sp³-hybridized carbons (Fsp3) is 0.333. The van der Waals surface area contributed by atoms with E-state index >= 15 is 0 Å². The molecular weight excluding hydrogens is 286 g/mol. The van der Waals surface area contributed by atoms with E-state index in [-0.39, 0.29) is 12.1 Å². The molecule has 1 aromatic heterocycles. The molecule has 1 aromatic carbocycles. The quantitative estimate of drug-likeness (QED) is 0.884. The SMILES string of the molecule is CCC(NC(=O)Nc1nc(C)cs1)c1ccc(OC)cc1. The summed E-state index contributed by atoms with van der Waals surface area (Å²) in [5, 5.41) is 8.21. The Morgan fingerprint density at radius 3 is 2.62 bits per heavy atom. The number of aryl methyl sites for hydroxylation is 1. The van der Waals surface area contributed by atoms with E-state index in [4.69, 9.17) is 4.74 Å². The van der Waals surface area contributed by atoms with E-state index in [1.54, 1.807) is 7.11 Å². The molecule has 2 rings (SSSR count). The molecule has 0 aliphatic rings. The van der Waals surface area contributed by atoms with Crippen LogP contribution < -0.4 is 15.4 Å². The van der Waals surface area contributed by atoms with Gasteiger partial charge in [0.25, 0.3) is 0 Å². The average Bonchev–Trinajstić information content (AvgIpc) is 2.90. The van der Waals surface area contributed by atoms with Crippen molar-refractivity contribution in [2.45, 2.75) is 26.3 Å². The molecule has 0 aliphatic carbocycles. The first kappa shape index (κ1) is 15.3. The number of hydrogen-bond acceptors (Lipinski definition) is 4. The zero-order valence-corrected chi connectivity index (χ0v) is 13.2. The number of nitrogens with one attached hydrogen (secondary N) is 2. The van der Waals surface area contributed by atoms with Crippen molar-refractivity contribution in [1.82, 2.24) is 10.3 Å². The summed E-state index contributed by atoms with van der Waals surface area (Å²) in [5.74, 6) is 0.802. The molecule has 0 radical (unpaired) electrons.